The fourth-order valence-corrected chi connectivity index (χ4v) is 8.83. The largest absolute Gasteiger partial charge is 0.550 e. The minimum absolute atomic E-state index is 0.0950. The summed E-state index contributed by atoms with van der Waals surface area (Å²) in [5.74, 6) is -4.91. The summed E-state index contributed by atoms with van der Waals surface area (Å²) in [6.07, 6.45) is -5.78. The van der Waals surface area contributed by atoms with Gasteiger partial charge in [-0.1, -0.05) is 0 Å². The van der Waals surface area contributed by atoms with Gasteiger partial charge in [-0.25, -0.2) is 9.97 Å². The number of aromatic nitrogens is 4. The lowest BCUT2D eigenvalue weighted by Gasteiger charge is -2.45. The lowest BCUT2D eigenvalue weighted by atomic mass is 9.69. The second kappa shape index (κ2) is 13.5. The van der Waals surface area contributed by atoms with E-state index in [1.807, 2.05) is 26.0 Å². The molecule has 4 N–H and O–H groups in total. The molecule has 7 rings (SSSR count). The summed E-state index contributed by atoms with van der Waals surface area (Å²) in [4.78, 5) is 69.3. The number of Topliss-reactive ketones (excluding diaryl/α,β-unsaturated/α-hetero) is 2. The first kappa shape index (κ1) is 37.6. The number of carboxylic acid groups (broad SMARTS) is 2. The van der Waals surface area contributed by atoms with Gasteiger partial charge in [0.2, 0.25) is 0 Å². The van der Waals surface area contributed by atoms with Crippen LogP contribution >= 0.6 is 0 Å². The Hall–Kier alpha value is -4.76. The Morgan fingerprint density at radius 1 is 0.722 bits per heavy atom. The number of rotatable bonds is 6. The third-order valence-corrected chi connectivity index (χ3v) is 12.0. The smallest absolute Gasteiger partial charge is 0.195 e. The third-order valence-electron chi connectivity index (χ3n) is 12.0. The van der Waals surface area contributed by atoms with Gasteiger partial charge in [0, 0.05) is 34.0 Å². The van der Waals surface area contributed by atoms with Gasteiger partial charge in [-0.3, -0.25) is 9.59 Å². The molecule has 0 spiro atoms. The van der Waals surface area contributed by atoms with Gasteiger partial charge in [-0.05, 0) is 127 Å². The number of fused-ring (bicyclic) bond motifs is 8. The number of aryl methyl sites for hydroxylation is 2. The van der Waals surface area contributed by atoms with Crippen molar-refractivity contribution in [3.8, 4) is 0 Å². The van der Waals surface area contributed by atoms with Crippen molar-refractivity contribution in [2.75, 3.05) is 0 Å². The van der Waals surface area contributed by atoms with Crippen LogP contribution in [0.5, 0.6) is 0 Å². The van der Waals surface area contributed by atoms with Crippen LogP contribution in [-0.4, -0.2) is 90.3 Å². The van der Waals surface area contributed by atoms with E-state index < -0.39 is 84.1 Å². The minimum atomic E-state index is -1.45. The van der Waals surface area contributed by atoms with Crippen LogP contribution in [-0.2, 0) is 29.9 Å². The number of hydrogen-bond donors (Lipinski definition) is 4. The SMILES string of the molecule is Cc1cc2cc3nc(cc4cc(C)c(cc5nc(cc1[nH]2)C(=O)[C@]5(C)[C@H]1O[C@H](C)[C@H](O)C[C@H]1CC(=O)[O-])[nH]4)C(=O)[C@]3(C)[C@H]1O[C@H](C)[C@H](O)C[C@H]1CC(=O)[O-]. The lowest BCUT2D eigenvalue weighted by molar-refractivity contribution is -0.310. The Bertz CT molecular complexity index is 2230. The number of nitrogens with one attached hydrogen (secondary N) is 2. The van der Waals surface area contributed by atoms with Crippen molar-refractivity contribution in [3.05, 3.63) is 70.3 Å². The summed E-state index contributed by atoms with van der Waals surface area (Å²) in [6, 6.07) is 10.3. The molecule has 0 amide bonds. The standard InChI is InChI=1S/C40H46N4O10/c1-17-8-24-14-31-39(5,37-21(11-33(47)48)9-29(45)19(3)53-37)35(51)27(43-31)13-23-7-18(2)26(41-23)16-32-40(6,36(52)28(44-32)15-25(17)42-24)38-22(12-34(49)50)10-30(46)20(4)54-38/h7-8,13-16,19-22,29-30,37-38,41-42,45-46H,9-12H2,1-6H3,(H,47,48)(H,49,50)/p-2/t19-,20-,21+,22+,29-,30-,37+,38+,39-,40-/m1/s1. The van der Waals surface area contributed by atoms with Gasteiger partial charge < -0.3 is 49.5 Å². The highest BCUT2D eigenvalue weighted by atomic mass is 16.5. The number of ether oxygens (including phenoxy) is 2. The van der Waals surface area contributed by atoms with Gasteiger partial charge >= 0.3 is 0 Å². The van der Waals surface area contributed by atoms with Crippen LogP contribution in [0.25, 0.3) is 22.1 Å². The fourth-order valence-electron chi connectivity index (χ4n) is 8.83. The minimum Gasteiger partial charge on any atom is -0.550 e. The molecule has 2 saturated heterocycles. The molecule has 7 heterocycles. The summed E-state index contributed by atoms with van der Waals surface area (Å²) >= 11 is 0. The lowest BCUT2D eigenvalue weighted by Crippen LogP contribution is -2.55. The van der Waals surface area contributed by atoms with Crippen molar-refractivity contribution in [1.82, 2.24) is 19.9 Å². The van der Waals surface area contributed by atoms with Gasteiger partial charge in [0.1, 0.15) is 22.2 Å². The zero-order chi connectivity index (χ0) is 39.0. The van der Waals surface area contributed by atoms with E-state index in [4.69, 9.17) is 19.4 Å². The van der Waals surface area contributed by atoms with Gasteiger partial charge in [0.15, 0.2) is 11.6 Å². The molecule has 3 aromatic rings. The van der Waals surface area contributed by atoms with Crippen molar-refractivity contribution in [1.29, 1.82) is 0 Å². The van der Waals surface area contributed by atoms with E-state index in [0.29, 0.717) is 33.5 Å². The molecule has 14 heteroatoms. The molecule has 8 bridgehead atoms. The molecule has 3 aromatic heterocycles. The number of carboxylic acids is 2. The van der Waals surface area contributed by atoms with Gasteiger partial charge in [-0.2, -0.15) is 0 Å². The average molecular weight is 741 g/mol. The maximum absolute atomic E-state index is 14.6. The molecule has 286 valence electrons. The Morgan fingerprint density at radius 2 is 1.13 bits per heavy atom. The van der Waals surface area contributed by atoms with E-state index in [2.05, 4.69) is 9.97 Å². The molecule has 0 unspecified atom stereocenters. The normalized spacial score (nSPS) is 32.8. The quantitative estimate of drug-likeness (QED) is 0.284. The van der Waals surface area contributed by atoms with Crippen molar-refractivity contribution in [3.63, 3.8) is 0 Å². The molecule has 0 radical (unpaired) electrons. The fraction of sp³-hybridized carbons (Fsp3) is 0.500. The molecule has 14 nitrogen and oxygen atoms in total. The number of aliphatic carboxylic acids is 2. The van der Waals surface area contributed by atoms with Crippen LogP contribution in [0.3, 0.4) is 0 Å². The number of nitrogens with zero attached hydrogens (tertiary/aromatic N) is 2. The molecule has 0 aromatic carbocycles. The highest BCUT2D eigenvalue weighted by Crippen LogP contribution is 2.46. The van der Waals surface area contributed by atoms with Gasteiger partial charge in [0.05, 0.1) is 48.0 Å². The number of H-pyrrole nitrogens is 2. The number of hydrogen-bond acceptors (Lipinski definition) is 12. The molecular formula is C40H44N4O10-2. The first-order valence-electron chi connectivity index (χ1n) is 18.3. The number of ketones is 2. The van der Waals surface area contributed by atoms with E-state index in [1.165, 1.54) is 0 Å². The van der Waals surface area contributed by atoms with E-state index in [-0.39, 0.29) is 35.8 Å². The molecular weight excluding hydrogens is 696 g/mol. The van der Waals surface area contributed by atoms with Crippen molar-refractivity contribution in [2.24, 2.45) is 11.8 Å². The number of aliphatic hydroxyl groups excluding tert-OH is 2. The van der Waals surface area contributed by atoms with Crippen LogP contribution in [0.1, 0.15) is 96.9 Å². The summed E-state index contributed by atoms with van der Waals surface area (Å²) < 4.78 is 12.6. The van der Waals surface area contributed by atoms with E-state index in [0.717, 1.165) is 11.1 Å². The summed E-state index contributed by atoms with van der Waals surface area (Å²) in [7, 11) is 0. The molecule has 2 fully saturated rings. The van der Waals surface area contributed by atoms with E-state index in [9.17, 15) is 39.6 Å². The molecule has 4 aliphatic heterocycles. The monoisotopic (exact) mass is 740 g/mol. The zero-order valence-electron chi connectivity index (χ0n) is 31.0. The predicted molar refractivity (Wildman–Crippen MR) is 190 cm³/mol. The summed E-state index contributed by atoms with van der Waals surface area (Å²) in [6.45, 7) is 10.4. The highest BCUT2D eigenvalue weighted by molar-refractivity contribution is 6.07. The number of carbonyl (C=O) groups excluding carboxylic acids is 4. The van der Waals surface area contributed by atoms with Crippen LogP contribution in [0, 0.1) is 25.7 Å². The Morgan fingerprint density at radius 3 is 1.59 bits per heavy atom. The van der Waals surface area contributed by atoms with E-state index in [1.54, 1.807) is 52.0 Å². The number of aliphatic hydroxyl groups is 2. The van der Waals surface area contributed by atoms with Gasteiger partial charge in [0.25, 0.3) is 0 Å². The molecule has 0 saturated carbocycles. The Balaban J connectivity index is 1.45. The van der Waals surface area contributed by atoms with Crippen molar-refractivity contribution >= 4 is 45.6 Å². The first-order valence-corrected chi connectivity index (χ1v) is 18.3. The van der Waals surface area contributed by atoms with Crippen molar-refractivity contribution in [2.45, 2.75) is 115 Å². The number of carbonyl (C=O) groups is 4. The van der Waals surface area contributed by atoms with Crippen LogP contribution in [0.15, 0.2) is 36.4 Å². The zero-order valence-corrected chi connectivity index (χ0v) is 31.0. The maximum atomic E-state index is 14.6. The van der Waals surface area contributed by atoms with Crippen molar-refractivity contribution < 1.29 is 49.1 Å². The molecule has 10 atom stereocenters. The van der Waals surface area contributed by atoms with Gasteiger partial charge in [-0.15, -0.1) is 0 Å². The first-order chi connectivity index (χ1) is 25.4. The second-order valence-electron chi connectivity index (χ2n) is 15.8. The van der Waals surface area contributed by atoms with Crippen LogP contribution in [0.4, 0.5) is 0 Å². The summed E-state index contributed by atoms with van der Waals surface area (Å²) in [5.41, 5.74) is 1.65. The Labute approximate surface area is 311 Å². The predicted octanol–water partition coefficient (Wildman–Crippen LogP) is 1.80. The maximum Gasteiger partial charge on any atom is 0.195 e. The van der Waals surface area contributed by atoms with Crippen LogP contribution in [0.2, 0.25) is 0 Å². The van der Waals surface area contributed by atoms with Crippen LogP contribution < -0.4 is 10.2 Å². The average Bonchev–Trinajstić information content (AvgIpc) is 3.76. The summed E-state index contributed by atoms with van der Waals surface area (Å²) in [5, 5.41) is 45.0. The number of aromatic amines is 2. The topological polar surface area (TPSA) is 231 Å². The Kier molecular flexibility index (Phi) is 9.40. The second-order valence-corrected chi connectivity index (χ2v) is 15.8. The molecule has 4 aliphatic rings. The third kappa shape index (κ3) is 6.24. The van der Waals surface area contributed by atoms with E-state index >= 15 is 0 Å². The molecule has 0 aliphatic carbocycles. The highest BCUT2D eigenvalue weighted by Gasteiger charge is 2.56. The molecule has 54 heavy (non-hydrogen) atoms.